The number of imide groups is 1. The summed E-state index contributed by atoms with van der Waals surface area (Å²) in [6.45, 7) is 0. The average molecular weight is 288 g/mol. The molecule has 0 spiro atoms. The summed E-state index contributed by atoms with van der Waals surface area (Å²) in [5.74, 6) is -2.00. The van der Waals surface area contributed by atoms with Gasteiger partial charge in [-0.2, -0.15) is 0 Å². The van der Waals surface area contributed by atoms with Gasteiger partial charge in [-0.3, -0.25) is 10.1 Å². The van der Waals surface area contributed by atoms with E-state index in [1.165, 1.54) is 11.1 Å². The molecule has 6 nitrogen and oxygen atoms in total. The Balaban J connectivity index is 1.84. The number of carboxylic acids is 1. The lowest BCUT2D eigenvalue weighted by atomic mass is 9.88. The summed E-state index contributed by atoms with van der Waals surface area (Å²) in [7, 11) is 0. The van der Waals surface area contributed by atoms with Crippen LogP contribution in [0.4, 0.5) is 4.79 Å². The lowest BCUT2D eigenvalue weighted by molar-refractivity contribution is -0.131. The van der Waals surface area contributed by atoms with Crippen molar-refractivity contribution in [1.82, 2.24) is 10.6 Å². The highest BCUT2D eigenvalue weighted by Crippen LogP contribution is 2.20. The summed E-state index contributed by atoms with van der Waals surface area (Å²) < 4.78 is 0. The monoisotopic (exact) mass is 288 g/mol. The third kappa shape index (κ3) is 4.45. The predicted octanol–water partition coefficient (Wildman–Crippen LogP) is 1.01. The number of nitrogens with one attached hydrogen (secondary N) is 2. The molecule has 110 valence electrons. The molecule has 0 heterocycles. The SMILES string of the molecule is O=C(O)C=CC(=O)NC(=O)NC1CCc2ccccc2C1. The molecule has 1 aromatic rings. The molecule has 0 saturated carbocycles. The van der Waals surface area contributed by atoms with Gasteiger partial charge in [0.05, 0.1) is 0 Å². The van der Waals surface area contributed by atoms with Gasteiger partial charge >= 0.3 is 12.0 Å². The third-order valence-corrected chi connectivity index (χ3v) is 3.30. The van der Waals surface area contributed by atoms with Gasteiger partial charge in [0.25, 0.3) is 5.91 Å². The maximum absolute atomic E-state index is 11.7. The molecule has 21 heavy (non-hydrogen) atoms. The van der Waals surface area contributed by atoms with Crippen LogP contribution in [0, 0.1) is 0 Å². The number of carbonyl (C=O) groups excluding carboxylic acids is 2. The van der Waals surface area contributed by atoms with E-state index < -0.39 is 17.9 Å². The van der Waals surface area contributed by atoms with Crippen molar-refractivity contribution < 1.29 is 19.5 Å². The first-order chi connectivity index (χ1) is 10.0. The molecule has 0 saturated heterocycles. The summed E-state index contributed by atoms with van der Waals surface area (Å²) >= 11 is 0. The van der Waals surface area contributed by atoms with Crippen molar-refractivity contribution in [2.24, 2.45) is 0 Å². The first-order valence-electron chi connectivity index (χ1n) is 6.64. The molecule has 0 aliphatic heterocycles. The standard InChI is InChI=1S/C15H16N2O4/c18-13(7-8-14(19)20)17-15(21)16-12-6-5-10-3-1-2-4-11(10)9-12/h1-4,7-8,12H,5-6,9H2,(H,19,20)(H2,16,17,18,21). The Morgan fingerprint density at radius 3 is 2.57 bits per heavy atom. The molecule has 6 heteroatoms. The number of carboxylic acid groups (broad SMARTS) is 1. The molecule has 1 atom stereocenters. The zero-order chi connectivity index (χ0) is 15.2. The zero-order valence-electron chi connectivity index (χ0n) is 11.3. The van der Waals surface area contributed by atoms with Crippen LogP contribution >= 0.6 is 0 Å². The summed E-state index contributed by atoms with van der Waals surface area (Å²) in [5, 5.41) is 13.2. The fourth-order valence-corrected chi connectivity index (χ4v) is 2.34. The van der Waals surface area contributed by atoms with Crippen LogP contribution in [0.5, 0.6) is 0 Å². The van der Waals surface area contributed by atoms with Crippen LogP contribution < -0.4 is 10.6 Å². The Morgan fingerprint density at radius 1 is 1.14 bits per heavy atom. The molecule has 0 fully saturated rings. The minimum absolute atomic E-state index is 0.0313. The van der Waals surface area contributed by atoms with Crippen molar-refractivity contribution in [3.63, 3.8) is 0 Å². The van der Waals surface area contributed by atoms with E-state index in [4.69, 9.17) is 5.11 Å². The van der Waals surface area contributed by atoms with Crippen molar-refractivity contribution in [2.75, 3.05) is 0 Å². The topological polar surface area (TPSA) is 95.5 Å². The zero-order valence-corrected chi connectivity index (χ0v) is 11.3. The summed E-state index contributed by atoms with van der Waals surface area (Å²) in [6, 6.07) is 7.41. The highest BCUT2D eigenvalue weighted by atomic mass is 16.4. The molecular formula is C15H16N2O4. The van der Waals surface area contributed by atoms with Gasteiger partial charge in [-0.05, 0) is 30.4 Å². The van der Waals surface area contributed by atoms with Gasteiger partial charge in [0, 0.05) is 18.2 Å². The molecule has 1 aliphatic rings. The molecule has 0 aromatic heterocycles. The van der Waals surface area contributed by atoms with Crippen LogP contribution in [0.15, 0.2) is 36.4 Å². The highest BCUT2D eigenvalue weighted by Gasteiger charge is 2.20. The lowest BCUT2D eigenvalue weighted by Gasteiger charge is -2.25. The quantitative estimate of drug-likeness (QED) is 0.723. The highest BCUT2D eigenvalue weighted by molar-refractivity contribution is 6.02. The molecule has 0 bridgehead atoms. The molecular weight excluding hydrogens is 272 g/mol. The van der Waals surface area contributed by atoms with Gasteiger partial charge < -0.3 is 10.4 Å². The maximum atomic E-state index is 11.7. The van der Waals surface area contributed by atoms with Crippen LogP contribution in [0.2, 0.25) is 0 Å². The lowest BCUT2D eigenvalue weighted by Crippen LogP contribution is -2.46. The van der Waals surface area contributed by atoms with E-state index in [0.717, 1.165) is 25.3 Å². The number of amides is 3. The second kappa shape index (κ2) is 6.69. The largest absolute Gasteiger partial charge is 0.478 e. The smallest absolute Gasteiger partial charge is 0.328 e. The number of benzene rings is 1. The van der Waals surface area contributed by atoms with Gasteiger partial charge in [0.2, 0.25) is 0 Å². The van der Waals surface area contributed by atoms with Crippen LogP contribution in [0.3, 0.4) is 0 Å². The van der Waals surface area contributed by atoms with E-state index in [1.54, 1.807) is 0 Å². The van der Waals surface area contributed by atoms with E-state index in [-0.39, 0.29) is 6.04 Å². The molecule has 1 aliphatic carbocycles. The second-order valence-corrected chi connectivity index (χ2v) is 4.84. The van der Waals surface area contributed by atoms with E-state index >= 15 is 0 Å². The van der Waals surface area contributed by atoms with Gasteiger partial charge in [0.15, 0.2) is 0 Å². The molecule has 2 rings (SSSR count). The normalized spacial score (nSPS) is 17.0. The van der Waals surface area contributed by atoms with Crippen molar-refractivity contribution in [1.29, 1.82) is 0 Å². The number of carbonyl (C=O) groups is 3. The van der Waals surface area contributed by atoms with Gasteiger partial charge in [0.1, 0.15) is 0 Å². The molecule has 0 radical (unpaired) electrons. The number of aryl methyl sites for hydroxylation is 1. The van der Waals surface area contributed by atoms with E-state index in [0.29, 0.717) is 6.08 Å². The van der Waals surface area contributed by atoms with Gasteiger partial charge in [-0.15, -0.1) is 0 Å². The summed E-state index contributed by atoms with van der Waals surface area (Å²) in [6.07, 6.45) is 3.90. The van der Waals surface area contributed by atoms with E-state index in [9.17, 15) is 14.4 Å². The Bertz CT molecular complexity index is 595. The molecule has 1 unspecified atom stereocenters. The Labute approximate surface area is 121 Å². The number of aliphatic carboxylic acids is 1. The predicted molar refractivity (Wildman–Crippen MR) is 75.7 cm³/mol. The fraction of sp³-hybridized carbons (Fsp3) is 0.267. The number of hydrogen-bond donors (Lipinski definition) is 3. The summed E-state index contributed by atoms with van der Waals surface area (Å²) in [5.41, 5.74) is 2.49. The number of fused-ring (bicyclic) bond motifs is 1. The van der Waals surface area contributed by atoms with Crippen molar-refractivity contribution in [3.05, 3.63) is 47.5 Å². The van der Waals surface area contributed by atoms with E-state index in [1.807, 2.05) is 18.2 Å². The Hall–Kier alpha value is -2.63. The Kier molecular flexibility index (Phi) is 4.71. The maximum Gasteiger partial charge on any atom is 0.328 e. The first kappa shape index (κ1) is 14.8. The van der Waals surface area contributed by atoms with Gasteiger partial charge in [-0.1, -0.05) is 24.3 Å². The average Bonchev–Trinajstić information content (AvgIpc) is 2.45. The molecule has 3 N–H and O–H groups in total. The Morgan fingerprint density at radius 2 is 1.86 bits per heavy atom. The third-order valence-electron chi connectivity index (χ3n) is 3.30. The molecule has 3 amide bonds. The fourth-order valence-electron chi connectivity index (χ4n) is 2.34. The van der Waals surface area contributed by atoms with Crippen LogP contribution in [0.25, 0.3) is 0 Å². The number of rotatable bonds is 3. The van der Waals surface area contributed by atoms with Crippen molar-refractivity contribution >= 4 is 17.9 Å². The van der Waals surface area contributed by atoms with Crippen LogP contribution in [-0.2, 0) is 22.4 Å². The van der Waals surface area contributed by atoms with Crippen molar-refractivity contribution in [3.8, 4) is 0 Å². The molecule has 1 aromatic carbocycles. The van der Waals surface area contributed by atoms with Gasteiger partial charge in [-0.25, -0.2) is 9.59 Å². The minimum Gasteiger partial charge on any atom is -0.478 e. The number of hydrogen-bond acceptors (Lipinski definition) is 3. The van der Waals surface area contributed by atoms with E-state index in [2.05, 4.69) is 16.7 Å². The minimum atomic E-state index is -1.24. The second-order valence-electron chi connectivity index (χ2n) is 4.84. The van der Waals surface area contributed by atoms with Crippen molar-refractivity contribution in [2.45, 2.75) is 25.3 Å². The van der Waals surface area contributed by atoms with Crippen LogP contribution in [0.1, 0.15) is 17.5 Å². The number of urea groups is 1. The first-order valence-corrected chi connectivity index (χ1v) is 6.64. The summed E-state index contributed by atoms with van der Waals surface area (Å²) in [4.78, 5) is 33.2. The van der Waals surface area contributed by atoms with Crippen LogP contribution in [-0.4, -0.2) is 29.1 Å².